The first-order valence-electron chi connectivity index (χ1n) is 7.52. The molecule has 0 heterocycles. The Hall–Kier alpha value is -2.93. The van der Waals surface area contributed by atoms with Gasteiger partial charge in [0.15, 0.2) is 0 Å². The van der Waals surface area contributed by atoms with Crippen molar-refractivity contribution in [3.63, 3.8) is 0 Å². The molecule has 0 aromatic heterocycles. The van der Waals surface area contributed by atoms with Gasteiger partial charge in [-0.3, -0.25) is 14.9 Å². The van der Waals surface area contributed by atoms with Crippen molar-refractivity contribution < 1.29 is 9.59 Å². The molecule has 4 heteroatoms. The van der Waals surface area contributed by atoms with Crippen molar-refractivity contribution >= 4 is 11.8 Å². The number of carbonyl (C=O) groups is 2. The normalized spacial score (nSPS) is 11.3. The largest absolute Gasteiger partial charge is 0.292 e. The fraction of sp³-hybridized carbons (Fsp3) is 0.211. The van der Waals surface area contributed by atoms with Crippen molar-refractivity contribution in [2.45, 2.75) is 19.3 Å². The summed E-state index contributed by atoms with van der Waals surface area (Å²) in [6.45, 7) is 0. The number of benzene rings is 2. The molecule has 2 rings (SSSR count). The van der Waals surface area contributed by atoms with Crippen LogP contribution in [0.5, 0.6) is 0 Å². The number of amides is 2. The second-order valence-electron chi connectivity index (χ2n) is 5.30. The van der Waals surface area contributed by atoms with Gasteiger partial charge in [-0.15, -0.1) is 0 Å². The molecule has 0 spiro atoms. The first kappa shape index (κ1) is 16.4. The van der Waals surface area contributed by atoms with Gasteiger partial charge in [-0.25, -0.2) is 0 Å². The number of aryl methyl sites for hydroxylation is 1. The molecule has 0 aliphatic carbocycles. The summed E-state index contributed by atoms with van der Waals surface area (Å²) in [5.41, 5.74) is 1.56. The number of nitrogens with one attached hydrogen (secondary N) is 1. The van der Waals surface area contributed by atoms with Crippen LogP contribution in [0.25, 0.3) is 0 Å². The van der Waals surface area contributed by atoms with Crippen LogP contribution in [0.2, 0.25) is 0 Å². The maximum Gasteiger partial charge on any atom is 0.257 e. The molecule has 0 radical (unpaired) electrons. The Morgan fingerprint density at radius 2 is 1.61 bits per heavy atom. The molecule has 4 nitrogen and oxygen atoms in total. The summed E-state index contributed by atoms with van der Waals surface area (Å²) in [4.78, 5) is 23.8. The van der Waals surface area contributed by atoms with E-state index in [0.717, 1.165) is 12.0 Å². The van der Waals surface area contributed by atoms with E-state index in [1.165, 1.54) is 0 Å². The number of hydrogen-bond acceptors (Lipinski definition) is 3. The number of hydrogen-bond donors (Lipinski definition) is 1. The molecule has 2 aromatic carbocycles. The lowest BCUT2D eigenvalue weighted by atomic mass is 9.97. The smallest absolute Gasteiger partial charge is 0.257 e. The highest BCUT2D eigenvalue weighted by molar-refractivity contribution is 6.04. The molecule has 116 valence electrons. The number of rotatable bonds is 6. The molecular weight excluding hydrogens is 288 g/mol. The lowest BCUT2D eigenvalue weighted by Gasteiger charge is -2.09. The molecule has 0 saturated heterocycles. The first-order valence-corrected chi connectivity index (χ1v) is 7.52. The van der Waals surface area contributed by atoms with Crippen LogP contribution < -0.4 is 5.32 Å². The van der Waals surface area contributed by atoms with Crippen LogP contribution in [-0.4, -0.2) is 11.8 Å². The molecule has 0 bridgehead atoms. The van der Waals surface area contributed by atoms with Gasteiger partial charge >= 0.3 is 0 Å². The van der Waals surface area contributed by atoms with E-state index in [1.54, 1.807) is 30.3 Å². The summed E-state index contributed by atoms with van der Waals surface area (Å²) in [7, 11) is 0. The van der Waals surface area contributed by atoms with Gasteiger partial charge in [-0.05, 0) is 30.5 Å². The zero-order chi connectivity index (χ0) is 16.5. The second kappa shape index (κ2) is 8.50. The maximum absolute atomic E-state index is 11.9. The van der Waals surface area contributed by atoms with E-state index in [9.17, 15) is 14.9 Å². The Labute approximate surface area is 135 Å². The third kappa shape index (κ3) is 5.40. The highest BCUT2D eigenvalue weighted by Crippen LogP contribution is 2.13. The van der Waals surface area contributed by atoms with Crippen LogP contribution in [-0.2, 0) is 11.2 Å². The zero-order valence-corrected chi connectivity index (χ0v) is 12.7. The Morgan fingerprint density at radius 3 is 2.22 bits per heavy atom. The Morgan fingerprint density at radius 1 is 1.00 bits per heavy atom. The summed E-state index contributed by atoms with van der Waals surface area (Å²) >= 11 is 0. The van der Waals surface area contributed by atoms with Gasteiger partial charge in [-0.2, -0.15) is 5.26 Å². The topological polar surface area (TPSA) is 70.0 Å². The molecule has 1 unspecified atom stereocenters. The average molecular weight is 306 g/mol. The maximum atomic E-state index is 11.9. The van der Waals surface area contributed by atoms with E-state index in [1.807, 2.05) is 30.3 Å². The van der Waals surface area contributed by atoms with Gasteiger partial charge in [0.25, 0.3) is 5.91 Å². The Kier molecular flexibility index (Phi) is 6.07. The van der Waals surface area contributed by atoms with Crippen molar-refractivity contribution in [1.29, 1.82) is 5.26 Å². The van der Waals surface area contributed by atoms with E-state index in [4.69, 9.17) is 0 Å². The summed E-state index contributed by atoms with van der Waals surface area (Å²) in [6.07, 6.45) is 1.36. The molecule has 1 N–H and O–H groups in total. The van der Waals surface area contributed by atoms with E-state index >= 15 is 0 Å². The predicted octanol–water partition coefficient (Wildman–Crippen LogP) is 3.11. The van der Waals surface area contributed by atoms with Gasteiger partial charge in [0.2, 0.25) is 5.91 Å². The second-order valence-corrected chi connectivity index (χ2v) is 5.30. The van der Waals surface area contributed by atoms with Crippen molar-refractivity contribution in [1.82, 2.24) is 5.32 Å². The lowest BCUT2D eigenvalue weighted by molar-refractivity contribution is -0.120. The molecule has 2 amide bonds. The van der Waals surface area contributed by atoms with E-state index in [-0.39, 0.29) is 6.42 Å². The minimum absolute atomic E-state index is 0.0297. The quantitative estimate of drug-likeness (QED) is 0.891. The van der Waals surface area contributed by atoms with Gasteiger partial charge < -0.3 is 0 Å². The molecule has 0 saturated carbocycles. The molecule has 1 atom stereocenters. The standard InChI is InChI=1S/C19H18N2O2/c20-14-16(12-11-15-7-3-1-4-8-15)13-18(22)21-19(23)17-9-5-2-6-10-17/h1-10,16H,11-13H2,(H,21,22,23). The highest BCUT2D eigenvalue weighted by Gasteiger charge is 2.16. The summed E-state index contributed by atoms with van der Waals surface area (Å²) in [6, 6.07) is 20.5. The minimum Gasteiger partial charge on any atom is -0.292 e. The van der Waals surface area contributed by atoms with Gasteiger partial charge in [0, 0.05) is 12.0 Å². The number of nitrogens with zero attached hydrogens (tertiary/aromatic N) is 1. The third-order valence-electron chi connectivity index (χ3n) is 3.53. The lowest BCUT2D eigenvalue weighted by Crippen LogP contribution is -2.31. The number of nitriles is 1. The molecule has 0 fully saturated rings. The molecule has 0 aliphatic rings. The van der Waals surface area contributed by atoms with Crippen LogP contribution in [0.1, 0.15) is 28.8 Å². The fourth-order valence-corrected chi connectivity index (χ4v) is 2.26. The van der Waals surface area contributed by atoms with Gasteiger partial charge in [0.1, 0.15) is 0 Å². The highest BCUT2D eigenvalue weighted by atomic mass is 16.2. The minimum atomic E-state index is -0.435. The molecule has 2 aromatic rings. The summed E-state index contributed by atoms with van der Waals surface area (Å²) < 4.78 is 0. The van der Waals surface area contributed by atoms with Crippen LogP contribution in [0.3, 0.4) is 0 Å². The predicted molar refractivity (Wildman–Crippen MR) is 87.4 cm³/mol. The van der Waals surface area contributed by atoms with Crippen LogP contribution in [0.4, 0.5) is 0 Å². The van der Waals surface area contributed by atoms with E-state index in [0.29, 0.717) is 12.0 Å². The Bertz CT molecular complexity index is 690. The zero-order valence-electron chi connectivity index (χ0n) is 12.7. The number of imide groups is 1. The third-order valence-corrected chi connectivity index (χ3v) is 3.53. The van der Waals surface area contributed by atoms with Crippen molar-refractivity contribution in [2.75, 3.05) is 0 Å². The molecule has 23 heavy (non-hydrogen) atoms. The molecule has 0 aliphatic heterocycles. The Balaban J connectivity index is 1.83. The van der Waals surface area contributed by atoms with Crippen molar-refractivity contribution in [3.05, 3.63) is 71.8 Å². The van der Waals surface area contributed by atoms with Crippen LogP contribution >= 0.6 is 0 Å². The molecular formula is C19H18N2O2. The number of carbonyl (C=O) groups excluding carboxylic acids is 2. The SMILES string of the molecule is N#CC(CCc1ccccc1)CC(=O)NC(=O)c1ccccc1. The summed E-state index contributed by atoms with van der Waals surface area (Å²) in [5, 5.41) is 11.5. The van der Waals surface area contributed by atoms with Gasteiger partial charge in [0.05, 0.1) is 12.0 Å². The van der Waals surface area contributed by atoms with Crippen LogP contribution in [0.15, 0.2) is 60.7 Å². The van der Waals surface area contributed by atoms with Crippen molar-refractivity contribution in [3.8, 4) is 6.07 Å². The monoisotopic (exact) mass is 306 g/mol. The summed E-state index contributed by atoms with van der Waals surface area (Å²) in [5.74, 6) is -1.26. The van der Waals surface area contributed by atoms with Crippen LogP contribution in [0, 0.1) is 17.2 Å². The van der Waals surface area contributed by atoms with E-state index in [2.05, 4.69) is 11.4 Å². The first-order chi connectivity index (χ1) is 11.2. The fourth-order valence-electron chi connectivity index (χ4n) is 2.26. The van der Waals surface area contributed by atoms with Crippen molar-refractivity contribution in [2.24, 2.45) is 5.92 Å². The van der Waals surface area contributed by atoms with Gasteiger partial charge in [-0.1, -0.05) is 48.5 Å². The van der Waals surface area contributed by atoms with E-state index < -0.39 is 17.7 Å². The average Bonchev–Trinajstić information content (AvgIpc) is 2.60.